The third kappa shape index (κ3) is 3.40. The number of rotatable bonds is 6. The van der Waals surface area contributed by atoms with Crippen molar-refractivity contribution in [2.24, 2.45) is 0 Å². The first-order chi connectivity index (χ1) is 15.3. The Morgan fingerprint density at radius 2 is 1.90 bits per heavy atom. The maximum atomic E-state index is 12.6. The molecule has 31 heavy (non-hydrogen) atoms. The van der Waals surface area contributed by atoms with Crippen LogP contribution in [-0.2, 0) is 5.75 Å². The van der Waals surface area contributed by atoms with Gasteiger partial charge in [0.25, 0.3) is 5.56 Å². The van der Waals surface area contributed by atoms with E-state index in [0.29, 0.717) is 28.7 Å². The molecule has 2 aliphatic rings. The molecule has 0 unspecified atom stereocenters. The van der Waals surface area contributed by atoms with Crippen LogP contribution in [0.25, 0.3) is 16.7 Å². The maximum absolute atomic E-state index is 12.6. The summed E-state index contributed by atoms with van der Waals surface area (Å²) in [4.78, 5) is 22.6. The molecule has 1 N–H and O–H groups in total. The average Bonchev–Trinajstić information content (AvgIpc) is 3.20. The fraction of sp³-hybridized carbons (Fsp3) is 0.381. The van der Waals surface area contributed by atoms with Gasteiger partial charge in [-0.15, -0.1) is 10.2 Å². The summed E-state index contributed by atoms with van der Waals surface area (Å²) in [6.07, 6.45) is 6.32. The molecule has 6 rings (SSSR count). The number of hydrogen-bond acceptors (Lipinski definition) is 7. The smallest absolute Gasteiger partial charge is 0.262 e. The van der Waals surface area contributed by atoms with E-state index in [2.05, 4.69) is 29.7 Å². The van der Waals surface area contributed by atoms with Gasteiger partial charge in [0, 0.05) is 19.1 Å². The van der Waals surface area contributed by atoms with Crippen molar-refractivity contribution in [1.29, 1.82) is 0 Å². The standard InChI is InChI=1S/C21H22N8OS/c30-19-16-12-22-29(15-6-2-1-3-7-15)18(16)23-17(24-19)13-31-21-26-25-20(27-10-4-5-11-27)28(21)14-8-9-14/h1-3,6-7,12,14H,4-5,8-11,13H2,(H,23,24,30). The Labute approximate surface area is 182 Å². The van der Waals surface area contributed by atoms with Gasteiger partial charge in [-0.1, -0.05) is 30.0 Å². The van der Waals surface area contributed by atoms with Crippen LogP contribution in [0.5, 0.6) is 0 Å². The number of H-pyrrole nitrogens is 1. The van der Waals surface area contributed by atoms with Gasteiger partial charge in [0.15, 0.2) is 10.8 Å². The molecule has 1 aromatic carbocycles. The van der Waals surface area contributed by atoms with E-state index in [1.165, 1.54) is 25.7 Å². The fourth-order valence-electron chi connectivity index (χ4n) is 4.08. The van der Waals surface area contributed by atoms with Gasteiger partial charge in [0.1, 0.15) is 11.2 Å². The van der Waals surface area contributed by atoms with Crippen LogP contribution in [0.3, 0.4) is 0 Å². The molecule has 0 amide bonds. The third-order valence-electron chi connectivity index (χ3n) is 5.77. The van der Waals surface area contributed by atoms with Crippen molar-refractivity contribution >= 4 is 28.7 Å². The second kappa shape index (κ2) is 7.52. The van der Waals surface area contributed by atoms with E-state index in [-0.39, 0.29) is 5.56 Å². The lowest BCUT2D eigenvalue weighted by Gasteiger charge is -2.17. The van der Waals surface area contributed by atoms with Crippen LogP contribution in [0.2, 0.25) is 0 Å². The molecular formula is C21H22N8OS. The average molecular weight is 435 g/mol. The topological polar surface area (TPSA) is 97.5 Å². The molecule has 0 radical (unpaired) electrons. The maximum Gasteiger partial charge on any atom is 0.262 e. The molecule has 3 aromatic heterocycles. The largest absolute Gasteiger partial charge is 0.341 e. The SMILES string of the molecule is O=c1[nH]c(CSc2nnc(N3CCCC3)n2C2CC2)nc2c1cnn2-c1ccccc1. The number of hydrogen-bond donors (Lipinski definition) is 1. The Morgan fingerprint density at radius 3 is 2.68 bits per heavy atom. The number of aromatic amines is 1. The first-order valence-electron chi connectivity index (χ1n) is 10.6. The van der Waals surface area contributed by atoms with Gasteiger partial charge in [-0.2, -0.15) is 5.10 Å². The van der Waals surface area contributed by atoms with Gasteiger partial charge in [-0.25, -0.2) is 9.67 Å². The molecular weight excluding hydrogens is 412 g/mol. The monoisotopic (exact) mass is 434 g/mol. The van der Waals surface area contributed by atoms with Crippen LogP contribution < -0.4 is 10.5 Å². The van der Waals surface area contributed by atoms with Crippen molar-refractivity contribution < 1.29 is 0 Å². The number of thioether (sulfide) groups is 1. The Morgan fingerprint density at radius 1 is 1.10 bits per heavy atom. The van der Waals surface area contributed by atoms with Crippen LogP contribution in [0.4, 0.5) is 5.95 Å². The van der Waals surface area contributed by atoms with E-state index in [0.717, 1.165) is 29.9 Å². The summed E-state index contributed by atoms with van der Waals surface area (Å²) in [7, 11) is 0. The zero-order valence-electron chi connectivity index (χ0n) is 16.9. The van der Waals surface area contributed by atoms with Crippen molar-refractivity contribution in [3.8, 4) is 5.69 Å². The van der Waals surface area contributed by atoms with Crippen LogP contribution in [0.1, 0.15) is 37.5 Å². The number of benzene rings is 1. The molecule has 0 spiro atoms. The number of anilines is 1. The quantitative estimate of drug-likeness (QED) is 0.466. The van der Waals surface area contributed by atoms with Gasteiger partial charge in [-0.3, -0.25) is 9.36 Å². The minimum absolute atomic E-state index is 0.177. The van der Waals surface area contributed by atoms with Crippen LogP contribution >= 0.6 is 11.8 Å². The Hall–Kier alpha value is -3.14. The molecule has 4 heterocycles. The zero-order valence-corrected chi connectivity index (χ0v) is 17.8. The molecule has 2 fully saturated rings. The van der Waals surface area contributed by atoms with Crippen molar-refractivity contribution in [1.82, 2.24) is 34.5 Å². The number of para-hydroxylation sites is 1. The highest BCUT2D eigenvalue weighted by atomic mass is 32.2. The highest BCUT2D eigenvalue weighted by molar-refractivity contribution is 7.98. The summed E-state index contributed by atoms with van der Waals surface area (Å²) in [5, 5.41) is 14.7. The van der Waals surface area contributed by atoms with Crippen molar-refractivity contribution in [3.63, 3.8) is 0 Å². The number of fused-ring (bicyclic) bond motifs is 1. The molecule has 0 atom stereocenters. The summed E-state index contributed by atoms with van der Waals surface area (Å²) in [5.74, 6) is 2.10. The Balaban J connectivity index is 1.30. The van der Waals surface area contributed by atoms with Gasteiger partial charge in [-0.05, 0) is 37.8 Å². The number of nitrogens with one attached hydrogen (secondary N) is 1. The summed E-state index contributed by atoms with van der Waals surface area (Å²) >= 11 is 1.57. The molecule has 4 aromatic rings. The van der Waals surface area contributed by atoms with Gasteiger partial charge in [0.2, 0.25) is 5.95 Å². The van der Waals surface area contributed by atoms with Crippen molar-refractivity contribution in [2.45, 2.75) is 42.6 Å². The molecule has 1 aliphatic carbocycles. The van der Waals surface area contributed by atoms with E-state index < -0.39 is 0 Å². The first kappa shape index (κ1) is 18.6. The normalized spacial score (nSPS) is 16.5. The highest BCUT2D eigenvalue weighted by Gasteiger charge is 2.32. The molecule has 1 aliphatic heterocycles. The summed E-state index contributed by atoms with van der Waals surface area (Å²) in [5.41, 5.74) is 1.26. The molecule has 10 heteroatoms. The lowest BCUT2D eigenvalue weighted by Crippen LogP contribution is -2.22. The molecule has 1 saturated carbocycles. The van der Waals surface area contributed by atoms with Gasteiger partial charge in [0.05, 0.1) is 17.6 Å². The first-order valence-corrected chi connectivity index (χ1v) is 11.6. The number of nitrogens with zero attached hydrogens (tertiary/aromatic N) is 7. The van der Waals surface area contributed by atoms with Gasteiger partial charge >= 0.3 is 0 Å². The predicted molar refractivity (Wildman–Crippen MR) is 119 cm³/mol. The third-order valence-corrected chi connectivity index (χ3v) is 6.73. The van der Waals surface area contributed by atoms with E-state index in [1.54, 1.807) is 22.6 Å². The minimum Gasteiger partial charge on any atom is -0.341 e. The minimum atomic E-state index is -0.177. The second-order valence-corrected chi connectivity index (χ2v) is 8.95. The number of aromatic nitrogens is 7. The second-order valence-electron chi connectivity index (χ2n) is 8.01. The van der Waals surface area contributed by atoms with Crippen LogP contribution in [-0.4, -0.2) is 47.6 Å². The van der Waals surface area contributed by atoms with Gasteiger partial charge < -0.3 is 9.88 Å². The fourth-order valence-corrected chi connectivity index (χ4v) is 4.95. The van der Waals surface area contributed by atoms with Crippen molar-refractivity contribution in [3.05, 3.63) is 52.7 Å². The lowest BCUT2D eigenvalue weighted by molar-refractivity contribution is 0.651. The Kier molecular flexibility index (Phi) is 4.52. The molecule has 9 nitrogen and oxygen atoms in total. The summed E-state index contributed by atoms with van der Waals surface area (Å²) in [6, 6.07) is 10.2. The van der Waals surface area contributed by atoms with E-state index in [9.17, 15) is 4.79 Å². The van der Waals surface area contributed by atoms with E-state index in [4.69, 9.17) is 4.98 Å². The molecule has 1 saturated heterocycles. The summed E-state index contributed by atoms with van der Waals surface area (Å²) < 4.78 is 3.98. The van der Waals surface area contributed by atoms with Crippen molar-refractivity contribution in [2.75, 3.05) is 18.0 Å². The molecule has 158 valence electrons. The predicted octanol–water partition coefficient (Wildman–Crippen LogP) is 2.93. The molecule has 0 bridgehead atoms. The summed E-state index contributed by atoms with van der Waals surface area (Å²) in [6.45, 7) is 2.09. The van der Waals surface area contributed by atoms with Crippen LogP contribution in [0.15, 0.2) is 46.5 Å². The lowest BCUT2D eigenvalue weighted by atomic mass is 10.3. The van der Waals surface area contributed by atoms with E-state index in [1.807, 2.05) is 30.3 Å². The van der Waals surface area contributed by atoms with E-state index >= 15 is 0 Å². The zero-order chi connectivity index (χ0) is 20.8. The highest BCUT2D eigenvalue weighted by Crippen LogP contribution is 2.41. The van der Waals surface area contributed by atoms with Crippen LogP contribution in [0, 0.1) is 0 Å². The Bertz CT molecular complexity index is 1280.